The van der Waals surface area contributed by atoms with Crippen molar-refractivity contribution >= 4 is 34.2 Å². The first-order chi connectivity index (χ1) is 9.22. The van der Waals surface area contributed by atoms with Gasteiger partial charge in [0.05, 0.1) is 5.71 Å². The third-order valence-corrected chi connectivity index (χ3v) is 3.62. The van der Waals surface area contributed by atoms with Gasteiger partial charge in [-0.25, -0.2) is 0 Å². The molecule has 1 aromatic rings. The molecule has 5 nitrogen and oxygen atoms in total. The highest BCUT2D eigenvalue weighted by Gasteiger charge is 2.12. The molecule has 6 heteroatoms. The summed E-state index contributed by atoms with van der Waals surface area (Å²) < 4.78 is 0. The van der Waals surface area contributed by atoms with Gasteiger partial charge < -0.3 is 5.32 Å². The van der Waals surface area contributed by atoms with Crippen LogP contribution in [0.25, 0.3) is 0 Å². The summed E-state index contributed by atoms with van der Waals surface area (Å²) in [5.41, 5.74) is 5.74. The number of nitrogens with one attached hydrogen (secondary N) is 2. The first-order valence-corrected chi connectivity index (χ1v) is 7.04. The molecular formula is C13H16N4OS. The molecule has 2 N–H and O–H groups in total. The van der Waals surface area contributed by atoms with Gasteiger partial charge >= 0.3 is 0 Å². The Bertz CT molecular complexity index is 522. The van der Waals surface area contributed by atoms with E-state index in [2.05, 4.69) is 20.8 Å². The molecule has 0 spiro atoms. The number of nitrogens with zero attached hydrogens (tertiary/aromatic N) is 2. The summed E-state index contributed by atoms with van der Waals surface area (Å²) in [5.74, 6) is 0.809. The number of thioether (sulfide) groups is 1. The van der Waals surface area contributed by atoms with Crippen LogP contribution in [-0.4, -0.2) is 29.6 Å². The Morgan fingerprint density at radius 3 is 2.74 bits per heavy atom. The molecule has 19 heavy (non-hydrogen) atoms. The maximum absolute atomic E-state index is 11.3. The van der Waals surface area contributed by atoms with E-state index in [1.165, 1.54) is 0 Å². The van der Waals surface area contributed by atoms with Gasteiger partial charge in [-0.3, -0.25) is 15.2 Å². The second-order valence-electron chi connectivity index (χ2n) is 3.97. The van der Waals surface area contributed by atoms with Gasteiger partial charge in [0.25, 0.3) is 0 Å². The summed E-state index contributed by atoms with van der Waals surface area (Å²) in [6, 6.07) is 7.69. The largest absolute Gasteiger partial charge is 0.326 e. The lowest BCUT2D eigenvalue weighted by Crippen LogP contribution is -2.25. The van der Waals surface area contributed by atoms with E-state index in [0.29, 0.717) is 6.42 Å². The summed E-state index contributed by atoms with van der Waals surface area (Å²) in [7, 11) is 1.74. The minimum Gasteiger partial charge on any atom is -0.326 e. The van der Waals surface area contributed by atoms with Crippen molar-refractivity contribution in [3.63, 3.8) is 0 Å². The number of aliphatic imine (C=N–C) groups is 1. The molecule has 0 fully saturated rings. The van der Waals surface area contributed by atoms with Crippen LogP contribution in [0.15, 0.2) is 34.4 Å². The summed E-state index contributed by atoms with van der Waals surface area (Å²) in [4.78, 5) is 15.3. The summed E-state index contributed by atoms with van der Waals surface area (Å²) in [6.45, 7) is 1.83. The quantitative estimate of drug-likeness (QED) is 0.888. The topological polar surface area (TPSA) is 65.8 Å². The van der Waals surface area contributed by atoms with Crippen molar-refractivity contribution < 1.29 is 4.79 Å². The van der Waals surface area contributed by atoms with Crippen LogP contribution in [0, 0.1) is 0 Å². The van der Waals surface area contributed by atoms with Crippen molar-refractivity contribution in [1.82, 2.24) is 5.43 Å². The molecule has 0 unspecified atom stereocenters. The minimum atomic E-state index is 0.0174. The Labute approximate surface area is 116 Å². The highest BCUT2D eigenvalue weighted by Crippen LogP contribution is 2.16. The molecule has 2 rings (SSSR count). The molecule has 0 bridgehead atoms. The van der Waals surface area contributed by atoms with Crippen molar-refractivity contribution in [2.24, 2.45) is 10.1 Å². The van der Waals surface area contributed by atoms with Gasteiger partial charge in [-0.2, -0.15) is 5.10 Å². The van der Waals surface area contributed by atoms with E-state index in [4.69, 9.17) is 0 Å². The molecule has 0 aliphatic carbocycles. The van der Waals surface area contributed by atoms with Crippen LogP contribution in [0.2, 0.25) is 0 Å². The van der Waals surface area contributed by atoms with E-state index < -0.39 is 0 Å². The molecule has 0 saturated carbocycles. The smallest absolute Gasteiger partial charge is 0.224 e. The Morgan fingerprint density at radius 2 is 2.21 bits per heavy atom. The second-order valence-corrected chi connectivity index (χ2v) is 4.93. The number of anilines is 1. The van der Waals surface area contributed by atoms with Gasteiger partial charge in [-0.05, 0) is 17.7 Å². The lowest BCUT2D eigenvalue weighted by Gasteiger charge is -2.14. The van der Waals surface area contributed by atoms with E-state index in [0.717, 1.165) is 27.9 Å². The van der Waals surface area contributed by atoms with Crippen molar-refractivity contribution in [3.8, 4) is 0 Å². The monoisotopic (exact) mass is 276 g/mol. The predicted molar refractivity (Wildman–Crippen MR) is 80.9 cm³/mol. The fraction of sp³-hybridized carbons (Fsp3) is 0.308. The third-order valence-electron chi connectivity index (χ3n) is 2.66. The van der Waals surface area contributed by atoms with E-state index in [-0.39, 0.29) is 5.91 Å². The van der Waals surface area contributed by atoms with Crippen LogP contribution >= 0.6 is 11.8 Å². The number of hydrazone groups is 1. The van der Waals surface area contributed by atoms with E-state index in [1.807, 2.05) is 31.2 Å². The lowest BCUT2D eigenvalue weighted by molar-refractivity contribution is -0.115. The van der Waals surface area contributed by atoms with Crippen LogP contribution in [0.4, 0.5) is 5.69 Å². The number of rotatable bonds is 3. The highest BCUT2D eigenvalue weighted by molar-refractivity contribution is 8.14. The number of amides is 1. The maximum atomic E-state index is 11.3. The average Bonchev–Trinajstić information content (AvgIpc) is 2.48. The molecule has 1 heterocycles. The molecule has 0 aromatic heterocycles. The molecule has 1 aromatic carbocycles. The molecule has 1 aliphatic heterocycles. The first kappa shape index (κ1) is 13.6. The van der Waals surface area contributed by atoms with Gasteiger partial charge in [0.15, 0.2) is 5.17 Å². The molecular weight excluding hydrogens is 260 g/mol. The number of benzene rings is 1. The Morgan fingerprint density at radius 1 is 1.47 bits per heavy atom. The predicted octanol–water partition coefficient (Wildman–Crippen LogP) is 2.06. The number of hydrogen-bond donors (Lipinski definition) is 2. The van der Waals surface area contributed by atoms with Gasteiger partial charge in [0, 0.05) is 24.9 Å². The molecule has 0 atom stereocenters. The molecule has 0 radical (unpaired) electrons. The Hall–Kier alpha value is -1.82. The van der Waals surface area contributed by atoms with Crippen LogP contribution < -0.4 is 10.7 Å². The van der Waals surface area contributed by atoms with Crippen LogP contribution in [-0.2, 0) is 4.79 Å². The highest BCUT2D eigenvalue weighted by atomic mass is 32.2. The van der Waals surface area contributed by atoms with Crippen molar-refractivity contribution in [3.05, 3.63) is 29.8 Å². The van der Waals surface area contributed by atoms with Crippen molar-refractivity contribution in [2.75, 3.05) is 18.1 Å². The average molecular weight is 276 g/mol. The number of carbonyl (C=O) groups excluding carboxylic acids is 1. The fourth-order valence-corrected chi connectivity index (χ4v) is 2.32. The van der Waals surface area contributed by atoms with Gasteiger partial charge in [0.2, 0.25) is 5.91 Å². The lowest BCUT2D eigenvalue weighted by atomic mass is 10.1. The van der Waals surface area contributed by atoms with E-state index >= 15 is 0 Å². The standard InChI is InChI=1S/C13H16N4OS/c1-3-12(18)15-10-6-4-9(5-7-10)11-8-19-13(14-2)17-16-11/h4-7H,3,8H2,1-2H3,(H,14,17)(H,15,18). The SMILES string of the molecule is CCC(=O)Nc1ccc(C2=NNC(=NC)SC2)cc1. The molecule has 100 valence electrons. The first-order valence-electron chi connectivity index (χ1n) is 6.05. The molecule has 1 amide bonds. The molecule has 0 saturated heterocycles. The fourth-order valence-electron chi connectivity index (χ4n) is 1.57. The number of hydrogen-bond acceptors (Lipinski definition) is 4. The van der Waals surface area contributed by atoms with Gasteiger partial charge in [0.1, 0.15) is 0 Å². The van der Waals surface area contributed by atoms with Gasteiger partial charge in [-0.15, -0.1) is 0 Å². The third kappa shape index (κ3) is 3.57. The van der Waals surface area contributed by atoms with Crippen LogP contribution in [0.1, 0.15) is 18.9 Å². The van der Waals surface area contributed by atoms with E-state index in [9.17, 15) is 4.79 Å². The Balaban J connectivity index is 2.07. The normalized spacial score (nSPS) is 16.7. The van der Waals surface area contributed by atoms with E-state index in [1.54, 1.807) is 18.8 Å². The second kappa shape index (κ2) is 6.38. The van der Waals surface area contributed by atoms with Gasteiger partial charge in [-0.1, -0.05) is 30.8 Å². The zero-order chi connectivity index (χ0) is 13.7. The summed E-state index contributed by atoms with van der Waals surface area (Å²) in [5, 5.41) is 7.93. The summed E-state index contributed by atoms with van der Waals surface area (Å²) in [6.07, 6.45) is 0.480. The molecule has 1 aliphatic rings. The zero-order valence-electron chi connectivity index (χ0n) is 10.9. The Kier molecular flexibility index (Phi) is 4.57. The van der Waals surface area contributed by atoms with Crippen molar-refractivity contribution in [1.29, 1.82) is 0 Å². The number of carbonyl (C=O) groups is 1. The van der Waals surface area contributed by atoms with Crippen LogP contribution in [0.3, 0.4) is 0 Å². The maximum Gasteiger partial charge on any atom is 0.224 e. The zero-order valence-corrected chi connectivity index (χ0v) is 11.8. The number of amidine groups is 1. The summed E-state index contributed by atoms with van der Waals surface area (Å²) >= 11 is 1.62. The van der Waals surface area contributed by atoms with Crippen molar-refractivity contribution in [2.45, 2.75) is 13.3 Å². The van der Waals surface area contributed by atoms with Crippen LogP contribution in [0.5, 0.6) is 0 Å². The minimum absolute atomic E-state index is 0.0174.